The van der Waals surface area contributed by atoms with Crippen LogP contribution in [0.4, 0.5) is 4.39 Å². The number of fused-ring (bicyclic) bond motifs is 1. The summed E-state index contributed by atoms with van der Waals surface area (Å²) in [5.74, 6) is -0.201. The second-order valence-corrected chi connectivity index (χ2v) is 6.23. The highest BCUT2D eigenvalue weighted by molar-refractivity contribution is 5.60. The summed E-state index contributed by atoms with van der Waals surface area (Å²) in [4.78, 5) is 13.2. The fourth-order valence-corrected chi connectivity index (χ4v) is 3.29. The van der Waals surface area contributed by atoms with Crippen molar-refractivity contribution >= 4 is 5.52 Å². The van der Waals surface area contributed by atoms with E-state index in [1.54, 1.807) is 35.8 Å². The molecule has 0 aliphatic carbocycles. The molecule has 4 heterocycles. The Kier molecular flexibility index (Phi) is 4.20. The first kappa shape index (κ1) is 16.4. The second kappa shape index (κ2) is 6.67. The molecule has 0 fully saturated rings. The van der Waals surface area contributed by atoms with Crippen LogP contribution in [0.1, 0.15) is 36.0 Å². The van der Waals surface area contributed by atoms with Crippen molar-refractivity contribution in [3.8, 4) is 5.82 Å². The van der Waals surface area contributed by atoms with Crippen molar-refractivity contribution in [3.63, 3.8) is 0 Å². The van der Waals surface area contributed by atoms with Gasteiger partial charge in [-0.15, -0.1) is 0 Å². The lowest BCUT2D eigenvalue weighted by Gasteiger charge is -2.12. The molecule has 0 bridgehead atoms. The molecule has 26 heavy (non-hydrogen) atoms. The van der Waals surface area contributed by atoms with Gasteiger partial charge in [-0.3, -0.25) is 4.40 Å². The van der Waals surface area contributed by atoms with E-state index in [9.17, 15) is 4.39 Å². The van der Waals surface area contributed by atoms with Crippen molar-refractivity contribution in [2.75, 3.05) is 0 Å². The summed E-state index contributed by atoms with van der Waals surface area (Å²) in [7, 11) is 0. The number of nitrogens with zero attached hydrogens (tertiary/aromatic N) is 6. The van der Waals surface area contributed by atoms with Crippen molar-refractivity contribution in [1.29, 1.82) is 0 Å². The molecule has 0 spiro atoms. The Morgan fingerprint density at radius 3 is 2.73 bits per heavy atom. The van der Waals surface area contributed by atoms with E-state index >= 15 is 0 Å². The van der Waals surface area contributed by atoms with Gasteiger partial charge in [-0.25, -0.2) is 24.0 Å². The average molecular weight is 350 g/mol. The van der Waals surface area contributed by atoms with Crippen LogP contribution in [0.25, 0.3) is 11.3 Å². The largest absolute Gasteiger partial charge is 0.289 e. The molecule has 0 N–H and O–H groups in total. The summed E-state index contributed by atoms with van der Waals surface area (Å²) >= 11 is 0. The number of hydrogen-bond acceptors (Lipinski definition) is 4. The summed E-state index contributed by atoms with van der Waals surface area (Å²) in [5.41, 5.74) is 5.07. The minimum Gasteiger partial charge on any atom is -0.289 e. The van der Waals surface area contributed by atoms with E-state index in [0.717, 1.165) is 35.4 Å². The van der Waals surface area contributed by atoms with Crippen LogP contribution in [0.5, 0.6) is 0 Å². The minimum atomic E-state index is -0.402. The summed E-state index contributed by atoms with van der Waals surface area (Å²) < 4.78 is 17.6. The Labute approximate surface area is 150 Å². The van der Waals surface area contributed by atoms with E-state index in [0.29, 0.717) is 6.42 Å². The van der Waals surface area contributed by atoms with Crippen LogP contribution in [0.2, 0.25) is 0 Å². The maximum absolute atomic E-state index is 14.1. The SMILES string of the molecule is CCCc1c(Cc2ccnn2-c2ncccc2F)ncn2cnc(C)c12. The number of imidazole rings is 1. The number of halogens is 1. The quantitative estimate of drug-likeness (QED) is 0.554. The Morgan fingerprint density at radius 1 is 1.08 bits per heavy atom. The number of aromatic nitrogens is 6. The maximum atomic E-state index is 14.1. The fourth-order valence-electron chi connectivity index (χ4n) is 3.29. The fraction of sp³-hybridized carbons (Fsp3) is 0.263. The lowest BCUT2D eigenvalue weighted by atomic mass is 10.0. The molecule has 0 atom stereocenters. The monoisotopic (exact) mass is 350 g/mol. The van der Waals surface area contributed by atoms with Crippen LogP contribution >= 0.6 is 0 Å². The van der Waals surface area contributed by atoms with E-state index < -0.39 is 5.82 Å². The summed E-state index contributed by atoms with van der Waals surface area (Å²) in [6.07, 6.45) is 9.25. The Hall–Kier alpha value is -3.09. The van der Waals surface area contributed by atoms with Crippen LogP contribution in [0.3, 0.4) is 0 Å². The molecule has 0 aromatic carbocycles. The van der Waals surface area contributed by atoms with Crippen molar-refractivity contribution in [2.24, 2.45) is 0 Å². The molecular formula is C19H19FN6. The first-order valence-electron chi connectivity index (χ1n) is 8.62. The molecule has 4 aromatic rings. The number of aryl methyl sites for hydroxylation is 2. The second-order valence-electron chi connectivity index (χ2n) is 6.23. The third-order valence-electron chi connectivity index (χ3n) is 4.46. The summed E-state index contributed by atoms with van der Waals surface area (Å²) in [6.45, 7) is 4.15. The van der Waals surface area contributed by atoms with E-state index in [4.69, 9.17) is 0 Å². The molecule has 0 aliphatic rings. The van der Waals surface area contributed by atoms with Crippen LogP contribution in [-0.2, 0) is 12.8 Å². The van der Waals surface area contributed by atoms with E-state index in [-0.39, 0.29) is 5.82 Å². The molecule has 0 amide bonds. The smallest absolute Gasteiger partial charge is 0.189 e. The molecule has 0 radical (unpaired) electrons. The predicted molar refractivity (Wildman–Crippen MR) is 95.8 cm³/mol. The predicted octanol–water partition coefficient (Wildman–Crippen LogP) is 3.30. The molecule has 4 aromatic heterocycles. The average Bonchev–Trinajstić information content (AvgIpc) is 3.24. The number of pyridine rings is 1. The number of rotatable bonds is 5. The normalized spacial score (nSPS) is 11.3. The zero-order valence-electron chi connectivity index (χ0n) is 14.7. The van der Waals surface area contributed by atoms with Crippen LogP contribution in [-0.4, -0.2) is 29.1 Å². The topological polar surface area (TPSA) is 60.9 Å². The van der Waals surface area contributed by atoms with Crippen molar-refractivity contribution in [1.82, 2.24) is 29.1 Å². The molecular weight excluding hydrogens is 331 g/mol. The maximum Gasteiger partial charge on any atom is 0.189 e. The molecule has 0 saturated heterocycles. The lowest BCUT2D eigenvalue weighted by Crippen LogP contribution is -2.10. The van der Waals surface area contributed by atoms with Gasteiger partial charge in [-0.2, -0.15) is 5.10 Å². The van der Waals surface area contributed by atoms with Gasteiger partial charge >= 0.3 is 0 Å². The van der Waals surface area contributed by atoms with Gasteiger partial charge in [-0.05, 0) is 31.5 Å². The van der Waals surface area contributed by atoms with Gasteiger partial charge in [0.1, 0.15) is 12.7 Å². The lowest BCUT2D eigenvalue weighted by molar-refractivity contribution is 0.596. The highest BCUT2D eigenvalue weighted by Crippen LogP contribution is 2.22. The van der Waals surface area contributed by atoms with E-state index in [1.807, 2.05) is 17.4 Å². The van der Waals surface area contributed by atoms with Gasteiger partial charge < -0.3 is 0 Å². The van der Waals surface area contributed by atoms with Gasteiger partial charge in [0.2, 0.25) is 0 Å². The Bertz CT molecular complexity index is 1070. The molecule has 0 aliphatic heterocycles. The van der Waals surface area contributed by atoms with Crippen molar-refractivity contribution in [3.05, 3.63) is 71.7 Å². The van der Waals surface area contributed by atoms with Crippen LogP contribution in [0, 0.1) is 12.7 Å². The van der Waals surface area contributed by atoms with Gasteiger partial charge in [0.15, 0.2) is 11.6 Å². The van der Waals surface area contributed by atoms with Gasteiger partial charge in [-0.1, -0.05) is 13.3 Å². The van der Waals surface area contributed by atoms with Crippen LogP contribution in [0.15, 0.2) is 43.2 Å². The zero-order chi connectivity index (χ0) is 18.1. The van der Waals surface area contributed by atoms with Crippen molar-refractivity contribution in [2.45, 2.75) is 33.1 Å². The van der Waals surface area contributed by atoms with Crippen molar-refractivity contribution < 1.29 is 4.39 Å². The Balaban J connectivity index is 1.80. The summed E-state index contributed by atoms with van der Waals surface area (Å²) in [5, 5.41) is 4.26. The highest BCUT2D eigenvalue weighted by atomic mass is 19.1. The van der Waals surface area contributed by atoms with Gasteiger partial charge in [0.25, 0.3) is 0 Å². The molecule has 0 unspecified atom stereocenters. The third kappa shape index (κ3) is 2.75. The van der Waals surface area contributed by atoms with Crippen LogP contribution < -0.4 is 0 Å². The van der Waals surface area contributed by atoms with E-state index in [1.165, 1.54) is 11.6 Å². The molecule has 6 nitrogen and oxygen atoms in total. The molecule has 132 valence electrons. The molecule has 0 saturated carbocycles. The standard InChI is InChI=1S/C19H19FN6/c1-3-5-15-17(23-12-25-11-22-13(2)18(15)25)10-14-7-9-24-26(14)19-16(20)6-4-8-21-19/h4,6-9,11-12H,3,5,10H2,1-2H3. The first-order chi connectivity index (χ1) is 12.7. The summed E-state index contributed by atoms with van der Waals surface area (Å²) in [6, 6.07) is 4.83. The molecule has 4 rings (SSSR count). The van der Waals surface area contributed by atoms with Gasteiger partial charge in [0, 0.05) is 24.4 Å². The van der Waals surface area contributed by atoms with E-state index in [2.05, 4.69) is 27.0 Å². The third-order valence-corrected chi connectivity index (χ3v) is 4.46. The minimum absolute atomic E-state index is 0.200. The zero-order valence-corrected chi connectivity index (χ0v) is 14.7. The van der Waals surface area contributed by atoms with Gasteiger partial charge in [0.05, 0.1) is 22.6 Å². The first-order valence-corrected chi connectivity index (χ1v) is 8.62. The number of hydrogen-bond donors (Lipinski definition) is 0. The Morgan fingerprint density at radius 2 is 1.92 bits per heavy atom. The molecule has 7 heteroatoms. The highest BCUT2D eigenvalue weighted by Gasteiger charge is 2.16.